The fourth-order valence-corrected chi connectivity index (χ4v) is 2.00. The van der Waals surface area contributed by atoms with Crippen LogP contribution in [0.15, 0.2) is 54.6 Å². The van der Waals surface area contributed by atoms with E-state index in [0.29, 0.717) is 30.6 Å². The van der Waals surface area contributed by atoms with Crippen molar-refractivity contribution < 1.29 is 9.13 Å². The van der Waals surface area contributed by atoms with Crippen LogP contribution in [0.5, 0.6) is 5.75 Å². The van der Waals surface area contributed by atoms with Crippen LogP contribution in [0.2, 0.25) is 0 Å². The average molecular weight is 318 g/mol. The summed E-state index contributed by atoms with van der Waals surface area (Å²) in [6, 6.07) is 16.1. The molecule has 0 spiro atoms. The Hall–Kier alpha value is -2.14. The molecule has 116 valence electrons. The SMILES string of the molecule is CN(CCOc1ccc(F)cc1)C(=S)NCc1ccccc1. The van der Waals surface area contributed by atoms with E-state index < -0.39 is 0 Å². The Morgan fingerprint density at radius 2 is 1.82 bits per heavy atom. The third-order valence-corrected chi connectivity index (χ3v) is 3.60. The van der Waals surface area contributed by atoms with Crippen molar-refractivity contribution in [3.05, 3.63) is 66.0 Å². The van der Waals surface area contributed by atoms with Crippen molar-refractivity contribution in [3.63, 3.8) is 0 Å². The third kappa shape index (κ3) is 5.33. The number of nitrogens with one attached hydrogen (secondary N) is 1. The van der Waals surface area contributed by atoms with Crippen molar-refractivity contribution in [2.24, 2.45) is 0 Å². The molecule has 0 radical (unpaired) electrons. The molecule has 0 heterocycles. The first-order chi connectivity index (χ1) is 10.6. The van der Waals surface area contributed by atoms with Gasteiger partial charge in [0, 0.05) is 13.6 Å². The molecule has 0 saturated carbocycles. The first kappa shape index (κ1) is 16.2. The highest BCUT2D eigenvalue weighted by Gasteiger charge is 2.04. The number of halogens is 1. The van der Waals surface area contributed by atoms with Gasteiger partial charge in [-0.1, -0.05) is 30.3 Å². The van der Waals surface area contributed by atoms with Crippen molar-refractivity contribution in [1.82, 2.24) is 10.2 Å². The van der Waals surface area contributed by atoms with E-state index in [-0.39, 0.29) is 5.82 Å². The Labute approximate surface area is 135 Å². The fourth-order valence-electron chi connectivity index (χ4n) is 1.84. The number of hydrogen-bond donors (Lipinski definition) is 1. The van der Waals surface area contributed by atoms with Gasteiger partial charge in [-0.15, -0.1) is 0 Å². The van der Waals surface area contributed by atoms with Crippen LogP contribution in [0.3, 0.4) is 0 Å². The Morgan fingerprint density at radius 3 is 2.50 bits per heavy atom. The summed E-state index contributed by atoms with van der Waals surface area (Å²) < 4.78 is 18.3. The highest BCUT2D eigenvalue weighted by molar-refractivity contribution is 7.80. The molecule has 0 aliphatic heterocycles. The zero-order valence-electron chi connectivity index (χ0n) is 12.5. The Balaban J connectivity index is 1.69. The van der Waals surface area contributed by atoms with Crippen LogP contribution in [-0.4, -0.2) is 30.2 Å². The molecule has 2 aromatic rings. The number of benzene rings is 2. The van der Waals surface area contributed by atoms with Crippen LogP contribution >= 0.6 is 12.2 Å². The average Bonchev–Trinajstić information content (AvgIpc) is 2.55. The maximum atomic E-state index is 12.8. The molecule has 0 aliphatic carbocycles. The van der Waals surface area contributed by atoms with Crippen molar-refractivity contribution in [2.75, 3.05) is 20.2 Å². The van der Waals surface area contributed by atoms with Gasteiger partial charge in [0.1, 0.15) is 18.2 Å². The molecule has 0 aliphatic rings. The van der Waals surface area contributed by atoms with E-state index in [9.17, 15) is 4.39 Å². The lowest BCUT2D eigenvalue weighted by Gasteiger charge is -2.21. The first-order valence-electron chi connectivity index (χ1n) is 7.06. The number of thiocarbonyl (C=S) groups is 1. The summed E-state index contributed by atoms with van der Waals surface area (Å²) in [5, 5.41) is 3.88. The van der Waals surface area contributed by atoms with Gasteiger partial charge in [-0.05, 0) is 42.0 Å². The summed E-state index contributed by atoms with van der Waals surface area (Å²) in [7, 11) is 1.91. The van der Waals surface area contributed by atoms with Gasteiger partial charge in [-0.25, -0.2) is 4.39 Å². The van der Waals surface area contributed by atoms with Gasteiger partial charge in [0.25, 0.3) is 0 Å². The second-order valence-corrected chi connectivity index (χ2v) is 5.25. The van der Waals surface area contributed by atoms with Gasteiger partial charge in [0.05, 0.1) is 6.54 Å². The molecule has 2 aromatic carbocycles. The lowest BCUT2D eigenvalue weighted by molar-refractivity contribution is 0.283. The predicted octanol–water partition coefficient (Wildman–Crippen LogP) is 3.21. The zero-order chi connectivity index (χ0) is 15.8. The van der Waals surface area contributed by atoms with Crippen LogP contribution in [0.25, 0.3) is 0 Å². The minimum atomic E-state index is -0.268. The molecule has 0 aromatic heterocycles. The number of hydrogen-bond acceptors (Lipinski definition) is 2. The maximum absolute atomic E-state index is 12.8. The van der Waals surface area contributed by atoms with E-state index in [0.717, 1.165) is 0 Å². The molecule has 0 saturated heterocycles. The molecule has 0 amide bonds. The monoisotopic (exact) mass is 318 g/mol. The summed E-state index contributed by atoms with van der Waals surface area (Å²) in [6.07, 6.45) is 0. The van der Waals surface area contributed by atoms with E-state index in [1.165, 1.54) is 17.7 Å². The minimum absolute atomic E-state index is 0.268. The molecule has 22 heavy (non-hydrogen) atoms. The molecule has 1 N–H and O–H groups in total. The normalized spacial score (nSPS) is 10.1. The number of rotatable bonds is 6. The Bertz CT molecular complexity index is 589. The van der Waals surface area contributed by atoms with Gasteiger partial charge in [0.15, 0.2) is 5.11 Å². The summed E-state index contributed by atoms with van der Waals surface area (Å²) in [4.78, 5) is 1.92. The van der Waals surface area contributed by atoms with Crippen molar-refractivity contribution >= 4 is 17.3 Å². The predicted molar refractivity (Wildman–Crippen MR) is 90.4 cm³/mol. The van der Waals surface area contributed by atoms with Gasteiger partial charge in [-0.2, -0.15) is 0 Å². The third-order valence-electron chi connectivity index (χ3n) is 3.14. The van der Waals surface area contributed by atoms with Crippen molar-refractivity contribution in [2.45, 2.75) is 6.54 Å². The number of nitrogens with zero attached hydrogens (tertiary/aromatic N) is 1. The largest absolute Gasteiger partial charge is 0.492 e. The van der Waals surface area contributed by atoms with Crippen LogP contribution in [0, 0.1) is 5.82 Å². The summed E-state index contributed by atoms with van der Waals surface area (Å²) in [5.41, 5.74) is 1.18. The molecule has 0 atom stereocenters. The van der Waals surface area contributed by atoms with E-state index in [1.807, 2.05) is 42.3 Å². The molecule has 2 rings (SSSR count). The van der Waals surface area contributed by atoms with Crippen LogP contribution in [0.4, 0.5) is 4.39 Å². The maximum Gasteiger partial charge on any atom is 0.169 e. The van der Waals surface area contributed by atoms with Crippen LogP contribution in [-0.2, 0) is 6.54 Å². The highest BCUT2D eigenvalue weighted by atomic mass is 32.1. The summed E-state index contributed by atoms with van der Waals surface area (Å²) >= 11 is 5.33. The fraction of sp³-hybridized carbons (Fsp3) is 0.235. The molecule has 5 heteroatoms. The lowest BCUT2D eigenvalue weighted by atomic mass is 10.2. The van der Waals surface area contributed by atoms with Gasteiger partial charge < -0.3 is 15.0 Å². The van der Waals surface area contributed by atoms with Crippen molar-refractivity contribution in [1.29, 1.82) is 0 Å². The van der Waals surface area contributed by atoms with Gasteiger partial charge in [-0.3, -0.25) is 0 Å². The second-order valence-electron chi connectivity index (χ2n) is 4.87. The standard InChI is InChI=1S/C17H19FN2OS/c1-20(11-12-21-16-9-7-15(18)8-10-16)17(22)19-13-14-5-3-2-4-6-14/h2-10H,11-13H2,1H3,(H,19,22). The van der Waals surface area contributed by atoms with E-state index in [4.69, 9.17) is 17.0 Å². The zero-order valence-corrected chi connectivity index (χ0v) is 13.3. The summed E-state index contributed by atoms with van der Waals surface area (Å²) in [6.45, 7) is 1.83. The van der Waals surface area contributed by atoms with Crippen LogP contribution in [0.1, 0.15) is 5.56 Å². The highest BCUT2D eigenvalue weighted by Crippen LogP contribution is 2.10. The molecule has 3 nitrogen and oxygen atoms in total. The topological polar surface area (TPSA) is 24.5 Å². The molecular weight excluding hydrogens is 299 g/mol. The second kappa shape index (κ2) is 8.34. The molecule has 0 bridgehead atoms. The number of ether oxygens (including phenoxy) is 1. The molecule has 0 fully saturated rings. The smallest absolute Gasteiger partial charge is 0.169 e. The summed E-state index contributed by atoms with van der Waals surface area (Å²) in [5.74, 6) is 0.383. The number of likely N-dealkylation sites (N-methyl/N-ethyl adjacent to an activating group) is 1. The van der Waals surface area contributed by atoms with Gasteiger partial charge in [0.2, 0.25) is 0 Å². The van der Waals surface area contributed by atoms with Gasteiger partial charge >= 0.3 is 0 Å². The van der Waals surface area contributed by atoms with Crippen molar-refractivity contribution in [3.8, 4) is 5.75 Å². The van der Waals surface area contributed by atoms with E-state index >= 15 is 0 Å². The van der Waals surface area contributed by atoms with Crippen LogP contribution < -0.4 is 10.1 Å². The Kier molecular flexibility index (Phi) is 6.15. The first-order valence-corrected chi connectivity index (χ1v) is 7.47. The minimum Gasteiger partial charge on any atom is -0.492 e. The lowest BCUT2D eigenvalue weighted by Crippen LogP contribution is -2.38. The quantitative estimate of drug-likeness (QED) is 0.827. The Morgan fingerprint density at radius 1 is 1.14 bits per heavy atom. The van der Waals surface area contributed by atoms with E-state index in [1.54, 1.807) is 12.1 Å². The molecular formula is C17H19FN2OS. The molecule has 0 unspecified atom stereocenters. The van der Waals surface area contributed by atoms with E-state index in [2.05, 4.69) is 5.32 Å².